The molecule has 5 nitrogen and oxygen atoms in total. The summed E-state index contributed by atoms with van der Waals surface area (Å²) in [6, 6.07) is 3.95. The first-order valence-electron chi connectivity index (χ1n) is 7.79. The summed E-state index contributed by atoms with van der Waals surface area (Å²) in [6.45, 7) is 7.13. The fraction of sp³-hybridized carbons (Fsp3) is 0.500. The molecule has 2 saturated heterocycles. The normalized spacial score (nSPS) is 22.3. The molecule has 0 saturated carbocycles. The minimum atomic E-state index is -0.0290. The lowest BCUT2D eigenvalue weighted by Crippen LogP contribution is -2.36. The standard InChI is InChI=1S/C16H20N2O3S2/c1-3-11(2)18-15(19)13(23-16(18)22)10-12-4-5-14(21-12)17-6-8-20-9-7-17/h4-5,10-11H,3,6-9H2,1-2H3/b13-10+. The van der Waals surface area contributed by atoms with Crippen LogP contribution in [0.3, 0.4) is 0 Å². The van der Waals surface area contributed by atoms with Gasteiger partial charge in [-0.25, -0.2) is 0 Å². The lowest BCUT2D eigenvalue weighted by atomic mass is 10.2. The third kappa shape index (κ3) is 3.46. The molecule has 23 heavy (non-hydrogen) atoms. The molecule has 2 aliphatic heterocycles. The van der Waals surface area contributed by atoms with Crippen LogP contribution in [0.5, 0.6) is 0 Å². The number of hydrogen-bond donors (Lipinski definition) is 0. The van der Waals surface area contributed by atoms with E-state index in [9.17, 15) is 4.79 Å². The predicted molar refractivity (Wildman–Crippen MR) is 96.5 cm³/mol. The summed E-state index contributed by atoms with van der Waals surface area (Å²) in [4.78, 5) is 17.0. The highest BCUT2D eigenvalue weighted by atomic mass is 32.2. The van der Waals surface area contributed by atoms with Gasteiger partial charge in [0, 0.05) is 31.3 Å². The van der Waals surface area contributed by atoms with E-state index < -0.39 is 0 Å². The molecule has 0 aliphatic carbocycles. The topological polar surface area (TPSA) is 45.9 Å². The van der Waals surface area contributed by atoms with Gasteiger partial charge in [-0.15, -0.1) is 0 Å². The Balaban J connectivity index is 1.76. The van der Waals surface area contributed by atoms with Gasteiger partial charge in [-0.2, -0.15) is 0 Å². The molecule has 0 bridgehead atoms. The molecule has 3 heterocycles. The largest absolute Gasteiger partial charge is 0.441 e. The van der Waals surface area contributed by atoms with Crippen LogP contribution in [0.25, 0.3) is 6.08 Å². The SMILES string of the molecule is CCC(C)N1C(=O)/C(=C\c2ccc(N3CCOCC3)o2)SC1=S. The van der Waals surface area contributed by atoms with E-state index in [1.807, 2.05) is 26.0 Å². The number of carbonyl (C=O) groups is 1. The fourth-order valence-electron chi connectivity index (χ4n) is 2.55. The van der Waals surface area contributed by atoms with Crippen LogP contribution in [-0.4, -0.2) is 47.5 Å². The number of ether oxygens (including phenoxy) is 1. The van der Waals surface area contributed by atoms with Gasteiger partial charge >= 0.3 is 0 Å². The zero-order valence-electron chi connectivity index (χ0n) is 13.3. The minimum absolute atomic E-state index is 0.0290. The lowest BCUT2D eigenvalue weighted by molar-refractivity contribution is -0.123. The van der Waals surface area contributed by atoms with E-state index in [-0.39, 0.29) is 11.9 Å². The third-order valence-corrected chi connectivity index (χ3v) is 5.39. The van der Waals surface area contributed by atoms with Crippen LogP contribution in [0.15, 0.2) is 21.5 Å². The Labute approximate surface area is 145 Å². The number of rotatable bonds is 4. The molecule has 1 aromatic rings. The van der Waals surface area contributed by atoms with Crippen LogP contribution in [-0.2, 0) is 9.53 Å². The summed E-state index contributed by atoms with van der Waals surface area (Å²) >= 11 is 6.68. The van der Waals surface area contributed by atoms with Gasteiger partial charge in [0.05, 0.1) is 18.1 Å². The number of anilines is 1. The van der Waals surface area contributed by atoms with Crippen molar-refractivity contribution in [1.82, 2.24) is 4.90 Å². The van der Waals surface area contributed by atoms with Gasteiger partial charge in [-0.05, 0) is 19.4 Å². The maximum Gasteiger partial charge on any atom is 0.266 e. The zero-order valence-corrected chi connectivity index (χ0v) is 14.9. The Morgan fingerprint density at radius 1 is 1.39 bits per heavy atom. The van der Waals surface area contributed by atoms with Crippen molar-refractivity contribution in [3.8, 4) is 0 Å². The van der Waals surface area contributed by atoms with Crippen LogP contribution >= 0.6 is 24.0 Å². The Morgan fingerprint density at radius 2 is 2.13 bits per heavy atom. The number of thiocarbonyl (C=S) groups is 1. The van der Waals surface area contributed by atoms with E-state index in [4.69, 9.17) is 21.4 Å². The van der Waals surface area contributed by atoms with E-state index >= 15 is 0 Å². The molecule has 7 heteroatoms. The van der Waals surface area contributed by atoms with Crippen molar-refractivity contribution in [2.24, 2.45) is 0 Å². The number of furan rings is 1. The van der Waals surface area contributed by atoms with E-state index in [1.54, 1.807) is 11.0 Å². The Hall–Kier alpha value is -1.31. The molecule has 1 aromatic heterocycles. The summed E-state index contributed by atoms with van der Waals surface area (Å²) in [5.41, 5.74) is 0. The monoisotopic (exact) mass is 352 g/mol. The molecule has 0 aromatic carbocycles. The van der Waals surface area contributed by atoms with Crippen molar-refractivity contribution in [1.29, 1.82) is 0 Å². The van der Waals surface area contributed by atoms with E-state index in [0.29, 0.717) is 28.2 Å². The van der Waals surface area contributed by atoms with Gasteiger partial charge in [-0.1, -0.05) is 30.9 Å². The first-order chi connectivity index (χ1) is 11.1. The van der Waals surface area contributed by atoms with Crippen LogP contribution in [0.1, 0.15) is 26.0 Å². The van der Waals surface area contributed by atoms with Crippen LogP contribution in [0, 0.1) is 0 Å². The highest BCUT2D eigenvalue weighted by Gasteiger charge is 2.34. The number of hydrogen-bond acceptors (Lipinski definition) is 6. The predicted octanol–water partition coefficient (Wildman–Crippen LogP) is 3.12. The van der Waals surface area contributed by atoms with Gasteiger partial charge in [0.2, 0.25) is 0 Å². The summed E-state index contributed by atoms with van der Waals surface area (Å²) in [5, 5.41) is 0. The van der Waals surface area contributed by atoms with E-state index in [1.165, 1.54) is 11.8 Å². The van der Waals surface area contributed by atoms with Crippen molar-refractivity contribution < 1.29 is 13.9 Å². The molecule has 2 aliphatic rings. The third-order valence-electron chi connectivity index (χ3n) is 4.06. The van der Waals surface area contributed by atoms with Crippen molar-refractivity contribution in [3.05, 3.63) is 22.8 Å². The molecule has 1 amide bonds. The van der Waals surface area contributed by atoms with E-state index in [2.05, 4.69) is 4.90 Å². The molecule has 2 fully saturated rings. The summed E-state index contributed by atoms with van der Waals surface area (Å²) < 4.78 is 11.8. The molecule has 0 radical (unpaired) electrons. The first kappa shape index (κ1) is 16.5. The molecule has 0 N–H and O–H groups in total. The van der Waals surface area contributed by atoms with Gasteiger partial charge in [0.15, 0.2) is 5.88 Å². The second-order valence-electron chi connectivity index (χ2n) is 5.58. The molecule has 1 unspecified atom stereocenters. The maximum absolute atomic E-state index is 12.5. The summed E-state index contributed by atoms with van der Waals surface area (Å²) in [7, 11) is 0. The fourth-order valence-corrected chi connectivity index (χ4v) is 3.99. The Bertz CT molecular complexity index is 635. The number of morpholine rings is 1. The molecule has 1 atom stereocenters. The molecular formula is C16H20N2O3S2. The van der Waals surface area contributed by atoms with Crippen LogP contribution in [0.2, 0.25) is 0 Å². The first-order valence-corrected chi connectivity index (χ1v) is 9.02. The summed E-state index contributed by atoms with van der Waals surface area (Å²) in [6.07, 6.45) is 2.66. The van der Waals surface area contributed by atoms with Crippen molar-refractivity contribution in [2.75, 3.05) is 31.2 Å². The number of amides is 1. The van der Waals surface area contributed by atoms with Gasteiger partial charge in [-0.3, -0.25) is 9.69 Å². The van der Waals surface area contributed by atoms with Crippen molar-refractivity contribution >= 4 is 46.2 Å². The Kier molecular flexibility index (Phi) is 5.08. The molecule has 124 valence electrons. The van der Waals surface area contributed by atoms with E-state index in [0.717, 1.165) is 25.4 Å². The highest BCUT2D eigenvalue weighted by molar-refractivity contribution is 8.26. The second kappa shape index (κ2) is 7.07. The van der Waals surface area contributed by atoms with Crippen molar-refractivity contribution in [2.45, 2.75) is 26.3 Å². The second-order valence-corrected chi connectivity index (χ2v) is 7.26. The average molecular weight is 352 g/mol. The van der Waals surface area contributed by atoms with Gasteiger partial charge in [0.25, 0.3) is 5.91 Å². The van der Waals surface area contributed by atoms with Crippen LogP contribution < -0.4 is 4.90 Å². The number of thioether (sulfide) groups is 1. The summed E-state index contributed by atoms with van der Waals surface area (Å²) in [5.74, 6) is 1.46. The van der Waals surface area contributed by atoms with Crippen LogP contribution in [0.4, 0.5) is 5.88 Å². The molecular weight excluding hydrogens is 332 g/mol. The zero-order chi connectivity index (χ0) is 16.4. The number of nitrogens with zero attached hydrogens (tertiary/aromatic N) is 2. The van der Waals surface area contributed by atoms with Gasteiger partial charge in [0.1, 0.15) is 10.1 Å². The lowest BCUT2D eigenvalue weighted by Gasteiger charge is -2.26. The smallest absolute Gasteiger partial charge is 0.266 e. The maximum atomic E-state index is 12.5. The molecule has 3 rings (SSSR count). The highest BCUT2D eigenvalue weighted by Crippen LogP contribution is 2.35. The molecule has 0 spiro atoms. The average Bonchev–Trinajstić information content (AvgIpc) is 3.13. The number of carbonyl (C=O) groups excluding carboxylic acids is 1. The Morgan fingerprint density at radius 3 is 2.83 bits per heavy atom. The van der Waals surface area contributed by atoms with Gasteiger partial charge < -0.3 is 14.1 Å². The van der Waals surface area contributed by atoms with Crippen molar-refractivity contribution in [3.63, 3.8) is 0 Å². The quantitative estimate of drug-likeness (QED) is 0.613. The minimum Gasteiger partial charge on any atom is -0.441 e.